The van der Waals surface area contributed by atoms with Crippen molar-refractivity contribution in [1.29, 1.82) is 5.26 Å². The lowest BCUT2D eigenvalue weighted by Crippen LogP contribution is -2.36. The summed E-state index contributed by atoms with van der Waals surface area (Å²) in [6.45, 7) is 2.76. The fourth-order valence-corrected chi connectivity index (χ4v) is 6.40. The topological polar surface area (TPSA) is 121 Å². The lowest BCUT2D eigenvalue weighted by atomic mass is 9.92. The maximum atomic E-state index is 12.3. The van der Waals surface area contributed by atoms with Crippen molar-refractivity contribution >= 4 is 21.1 Å². The SMILES string of the molecule is CCS(=O)(=O)N1CC2CC(CC#N)(n3cc(-c4ncnc5[nH]ccc45)cn3)CC2C1. The van der Waals surface area contributed by atoms with Crippen molar-refractivity contribution in [3.05, 3.63) is 31.0 Å². The van der Waals surface area contributed by atoms with Crippen molar-refractivity contribution in [2.75, 3.05) is 18.8 Å². The van der Waals surface area contributed by atoms with Crippen LogP contribution in [0.2, 0.25) is 0 Å². The number of aromatic nitrogens is 5. The Morgan fingerprint density at radius 3 is 2.77 bits per heavy atom. The number of sulfonamides is 1. The summed E-state index contributed by atoms with van der Waals surface area (Å²) >= 11 is 0. The molecular weight excluding hydrogens is 402 g/mol. The second-order valence-corrected chi connectivity index (χ2v) is 10.6. The van der Waals surface area contributed by atoms with Gasteiger partial charge in [0, 0.05) is 36.4 Å². The molecule has 30 heavy (non-hydrogen) atoms. The number of nitriles is 1. The summed E-state index contributed by atoms with van der Waals surface area (Å²) in [6.07, 6.45) is 8.98. The zero-order valence-electron chi connectivity index (χ0n) is 16.7. The Kier molecular flexibility index (Phi) is 4.41. The molecule has 2 unspecified atom stereocenters. The Hall–Kier alpha value is -2.77. The van der Waals surface area contributed by atoms with Gasteiger partial charge in [0.05, 0.1) is 35.7 Å². The highest BCUT2D eigenvalue weighted by molar-refractivity contribution is 7.89. The van der Waals surface area contributed by atoms with Crippen LogP contribution in [0, 0.1) is 23.2 Å². The van der Waals surface area contributed by atoms with Gasteiger partial charge in [-0.05, 0) is 37.7 Å². The Bertz CT molecular complexity index is 1230. The molecule has 0 radical (unpaired) electrons. The quantitative estimate of drug-likeness (QED) is 0.668. The highest BCUT2D eigenvalue weighted by Crippen LogP contribution is 2.50. The van der Waals surface area contributed by atoms with Gasteiger partial charge in [0.15, 0.2) is 0 Å². The molecule has 1 aliphatic heterocycles. The van der Waals surface area contributed by atoms with Crippen LogP contribution in [0.5, 0.6) is 0 Å². The Labute approximate surface area is 174 Å². The molecule has 0 spiro atoms. The van der Waals surface area contributed by atoms with Gasteiger partial charge in [-0.2, -0.15) is 10.4 Å². The molecule has 2 atom stereocenters. The summed E-state index contributed by atoms with van der Waals surface area (Å²) in [5.74, 6) is 0.635. The molecule has 1 saturated heterocycles. The van der Waals surface area contributed by atoms with Crippen molar-refractivity contribution in [3.8, 4) is 17.3 Å². The van der Waals surface area contributed by atoms with E-state index in [-0.39, 0.29) is 17.6 Å². The van der Waals surface area contributed by atoms with Crippen LogP contribution in [0.15, 0.2) is 31.0 Å². The van der Waals surface area contributed by atoms with E-state index in [2.05, 4.69) is 26.1 Å². The van der Waals surface area contributed by atoms with Crippen LogP contribution >= 0.6 is 0 Å². The van der Waals surface area contributed by atoms with Gasteiger partial charge in [-0.15, -0.1) is 0 Å². The van der Waals surface area contributed by atoms with Crippen molar-refractivity contribution in [2.24, 2.45) is 11.8 Å². The van der Waals surface area contributed by atoms with Gasteiger partial charge in [-0.1, -0.05) is 0 Å². The predicted molar refractivity (Wildman–Crippen MR) is 111 cm³/mol. The van der Waals surface area contributed by atoms with Crippen LogP contribution in [0.4, 0.5) is 0 Å². The number of H-pyrrole nitrogens is 1. The smallest absolute Gasteiger partial charge is 0.213 e. The number of aromatic amines is 1. The molecule has 2 aliphatic rings. The van der Waals surface area contributed by atoms with E-state index in [4.69, 9.17) is 0 Å². The van der Waals surface area contributed by atoms with Crippen molar-refractivity contribution in [1.82, 2.24) is 29.0 Å². The van der Waals surface area contributed by atoms with E-state index in [1.165, 1.54) is 6.33 Å². The van der Waals surface area contributed by atoms with E-state index >= 15 is 0 Å². The molecule has 0 bridgehead atoms. The van der Waals surface area contributed by atoms with Crippen LogP contribution in [0.3, 0.4) is 0 Å². The zero-order chi connectivity index (χ0) is 20.9. The van der Waals surface area contributed by atoms with Gasteiger partial charge in [0.25, 0.3) is 0 Å². The molecule has 0 aromatic carbocycles. The summed E-state index contributed by atoms with van der Waals surface area (Å²) in [5.41, 5.74) is 2.05. The van der Waals surface area contributed by atoms with Gasteiger partial charge < -0.3 is 4.98 Å². The summed E-state index contributed by atoms with van der Waals surface area (Å²) in [7, 11) is -3.17. The number of hydrogen-bond donors (Lipinski definition) is 1. The van der Waals surface area contributed by atoms with Crippen LogP contribution in [-0.2, 0) is 15.6 Å². The molecule has 4 heterocycles. The van der Waals surface area contributed by atoms with Gasteiger partial charge in [-0.3, -0.25) is 4.68 Å². The summed E-state index contributed by atoms with van der Waals surface area (Å²) in [4.78, 5) is 11.8. The number of fused-ring (bicyclic) bond motifs is 2. The normalized spacial score (nSPS) is 26.8. The number of hydrogen-bond acceptors (Lipinski definition) is 6. The third kappa shape index (κ3) is 2.92. The highest BCUT2D eigenvalue weighted by atomic mass is 32.2. The monoisotopic (exact) mass is 425 g/mol. The first kappa shape index (κ1) is 19.2. The van der Waals surface area contributed by atoms with Crippen LogP contribution < -0.4 is 0 Å². The third-order valence-corrected chi connectivity index (χ3v) is 8.50. The zero-order valence-corrected chi connectivity index (χ0v) is 17.5. The standard InChI is InChI=1S/C20H23N7O2S/c1-2-30(28,29)26-10-14-7-20(4-5-21,8-15(14)11-26)27-12-16(9-25-27)18-17-3-6-22-19(17)24-13-23-18/h3,6,9,12-15H,2,4,7-8,10-11H2,1H3,(H,22,23,24). The molecular formula is C20H23N7O2S. The maximum absolute atomic E-state index is 12.3. The molecule has 0 amide bonds. The molecule has 1 saturated carbocycles. The van der Waals surface area contributed by atoms with Gasteiger partial charge in [-0.25, -0.2) is 22.7 Å². The van der Waals surface area contributed by atoms with Crippen LogP contribution in [0.25, 0.3) is 22.3 Å². The highest BCUT2D eigenvalue weighted by Gasteiger charge is 2.52. The van der Waals surface area contributed by atoms with Crippen molar-refractivity contribution in [2.45, 2.75) is 31.7 Å². The van der Waals surface area contributed by atoms with E-state index in [1.807, 2.05) is 23.1 Å². The molecule has 9 nitrogen and oxygen atoms in total. The lowest BCUT2D eigenvalue weighted by molar-refractivity contribution is 0.240. The lowest BCUT2D eigenvalue weighted by Gasteiger charge is -2.29. The number of rotatable bonds is 5. The first-order chi connectivity index (χ1) is 14.5. The first-order valence-corrected chi connectivity index (χ1v) is 11.7. The maximum Gasteiger partial charge on any atom is 0.213 e. The van der Waals surface area contributed by atoms with Crippen molar-refractivity contribution in [3.63, 3.8) is 0 Å². The molecule has 2 fully saturated rings. The molecule has 3 aromatic heterocycles. The Balaban J connectivity index is 1.45. The molecule has 10 heteroatoms. The van der Waals surface area contributed by atoms with Gasteiger partial charge in [0.1, 0.15) is 12.0 Å². The summed E-state index contributed by atoms with van der Waals surface area (Å²) < 4.78 is 28.1. The third-order valence-electron chi connectivity index (χ3n) is 6.69. The fourth-order valence-electron chi connectivity index (χ4n) is 5.19. The average molecular weight is 426 g/mol. The van der Waals surface area contributed by atoms with E-state index in [1.54, 1.807) is 17.4 Å². The van der Waals surface area contributed by atoms with E-state index < -0.39 is 15.6 Å². The minimum absolute atomic E-state index is 0.130. The van der Waals surface area contributed by atoms with Gasteiger partial charge >= 0.3 is 0 Å². The Morgan fingerprint density at radius 2 is 2.07 bits per heavy atom. The summed E-state index contributed by atoms with van der Waals surface area (Å²) in [6, 6.07) is 4.28. The molecule has 156 valence electrons. The molecule has 5 rings (SSSR count). The predicted octanol–water partition coefficient (Wildman–Crippen LogP) is 2.12. The fraction of sp³-hybridized carbons (Fsp3) is 0.500. The largest absolute Gasteiger partial charge is 0.346 e. The number of nitrogens with one attached hydrogen (secondary N) is 1. The number of nitrogens with zero attached hydrogens (tertiary/aromatic N) is 6. The van der Waals surface area contributed by atoms with E-state index in [0.29, 0.717) is 19.5 Å². The average Bonchev–Trinajstić information content (AvgIpc) is 3.49. The Morgan fingerprint density at radius 1 is 1.30 bits per heavy atom. The minimum atomic E-state index is -3.17. The van der Waals surface area contributed by atoms with Gasteiger partial charge in [0.2, 0.25) is 10.0 Å². The molecule has 1 aliphatic carbocycles. The minimum Gasteiger partial charge on any atom is -0.346 e. The van der Waals surface area contributed by atoms with E-state index in [0.717, 1.165) is 35.1 Å². The van der Waals surface area contributed by atoms with Crippen LogP contribution in [0.1, 0.15) is 26.2 Å². The summed E-state index contributed by atoms with van der Waals surface area (Å²) in [5, 5.41) is 15.1. The second-order valence-electron chi connectivity index (χ2n) is 8.34. The molecule has 3 aromatic rings. The second kappa shape index (κ2) is 6.89. The van der Waals surface area contributed by atoms with E-state index in [9.17, 15) is 13.7 Å². The first-order valence-electron chi connectivity index (χ1n) is 10.1. The van der Waals surface area contributed by atoms with Crippen LogP contribution in [-0.4, -0.2) is 56.3 Å². The van der Waals surface area contributed by atoms with Crippen molar-refractivity contribution < 1.29 is 8.42 Å². The molecule has 1 N–H and O–H groups in total.